The van der Waals surface area contributed by atoms with Crippen LogP contribution in [0.4, 0.5) is 9.52 Å². The summed E-state index contributed by atoms with van der Waals surface area (Å²) in [4.78, 5) is 28.9. The summed E-state index contributed by atoms with van der Waals surface area (Å²) in [5.41, 5.74) is 0.589. The van der Waals surface area contributed by atoms with Gasteiger partial charge in [-0.3, -0.25) is 10.1 Å². The number of anilines is 1. The molecule has 0 bridgehead atoms. The van der Waals surface area contributed by atoms with Gasteiger partial charge in [-0.25, -0.2) is 14.2 Å². The zero-order valence-corrected chi connectivity index (χ0v) is 15.4. The largest absolute Gasteiger partial charge is 0.494 e. The Morgan fingerprint density at radius 2 is 2.04 bits per heavy atom. The van der Waals surface area contributed by atoms with Gasteiger partial charge in [0.1, 0.15) is 11.1 Å². The van der Waals surface area contributed by atoms with E-state index < -0.39 is 17.3 Å². The molecule has 0 fully saturated rings. The molecular formula is C20H13FN2O4S. The highest BCUT2D eigenvalue weighted by atomic mass is 32.1. The first-order valence-corrected chi connectivity index (χ1v) is 9.07. The summed E-state index contributed by atoms with van der Waals surface area (Å²) in [6, 6.07) is 12.9. The second-order valence-corrected chi connectivity index (χ2v) is 6.68. The van der Waals surface area contributed by atoms with Gasteiger partial charge in [0.05, 0.1) is 12.8 Å². The number of benzene rings is 2. The lowest BCUT2D eigenvalue weighted by Gasteiger charge is -2.03. The molecule has 6 nitrogen and oxygen atoms in total. The number of fused-ring (bicyclic) bond motifs is 1. The minimum Gasteiger partial charge on any atom is -0.494 e. The van der Waals surface area contributed by atoms with Crippen molar-refractivity contribution < 1.29 is 18.3 Å². The van der Waals surface area contributed by atoms with Crippen molar-refractivity contribution >= 4 is 33.3 Å². The van der Waals surface area contributed by atoms with Crippen LogP contribution in [0.25, 0.3) is 22.2 Å². The molecule has 0 saturated carbocycles. The molecular weight excluding hydrogens is 383 g/mol. The number of hydrogen-bond acceptors (Lipinski definition) is 6. The molecule has 0 aliphatic heterocycles. The van der Waals surface area contributed by atoms with Crippen molar-refractivity contribution in [3.05, 3.63) is 75.7 Å². The van der Waals surface area contributed by atoms with Crippen LogP contribution in [0.5, 0.6) is 5.75 Å². The maximum Gasteiger partial charge on any atom is 0.349 e. The van der Waals surface area contributed by atoms with Crippen LogP contribution < -0.4 is 15.7 Å². The lowest BCUT2D eigenvalue weighted by Crippen LogP contribution is -2.20. The summed E-state index contributed by atoms with van der Waals surface area (Å²) in [5, 5.41) is 5.18. The number of para-hydroxylation sites is 1. The molecule has 0 radical (unpaired) electrons. The van der Waals surface area contributed by atoms with Gasteiger partial charge in [-0.1, -0.05) is 18.2 Å². The van der Waals surface area contributed by atoms with Gasteiger partial charge in [0, 0.05) is 16.3 Å². The summed E-state index contributed by atoms with van der Waals surface area (Å²) in [5.74, 6) is -0.996. The predicted octanol–water partition coefficient (Wildman–Crippen LogP) is 4.32. The van der Waals surface area contributed by atoms with E-state index in [9.17, 15) is 14.0 Å². The van der Waals surface area contributed by atoms with E-state index in [0.717, 1.165) is 11.3 Å². The Morgan fingerprint density at radius 3 is 2.82 bits per heavy atom. The number of rotatable bonds is 4. The van der Waals surface area contributed by atoms with Crippen molar-refractivity contribution in [1.29, 1.82) is 0 Å². The fourth-order valence-electron chi connectivity index (χ4n) is 2.67. The molecule has 0 aliphatic rings. The molecule has 4 aromatic rings. The summed E-state index contributed by atoms with van der Waals surface area (Å²) in [6.07, 6.45) is 0. The average Bonchev–Trinajstić information content (AvgIpc) is 3.15. The van der Waals surface area contributed by atoms with Gasteiger partial charge in [0.2, 0.25) is 0 Å². The normalized spacial score (nSPS) is 10.8. The van der Waals surface area contributed by atoms with E-state index in [1.54, 1.807) is 35.7 Å². The lowest BCUT2D eigenvalue weighted by atomic mass is 10.1. The number of thiazole rings is 1. The highest BCUT2D eigenvalue weighted by Crippen LogP contribution is 2.28. The Bertz CT molecular complexity index is 1250. The molecule has 4 rings (SSSR count). The van der Waals surface area contributed by atoms with Crippen LogP contribution in [0.1, 0.15) is 10.4 Å². The highest BCUT2D eigenvalue weighted by Gasteiger charge is 2.16. The molecule has 2 aromatic carbocycles. The third kappa shape index (κ3) is 3.37. The Morgan fingerprint density at radius 1 is 1.21 bits per heavy atom. The van der Waals surface area contributed by atoms with Crippen LogP contribution in [-0.4, -0.2) is 18.0 Å². The minimum atomic E-state index is -0.731. The third-order valence-corrected chi connectivity index (χ3v) is 4.82. The van der Waals surface area contributed by atoms with Crippen LogP contribution in [0.3, 0.4) is 0 Å². The van der Waals surface area contributed by atoms with E-state index >= 15 is 0 Å². The topological polar surface area (TPSA) is 81.4 Å². The molecule has 8 heteroatoms. The number of halogens is 1. The average molecular weight is 396 g/mol. The number of nitrogens with one attached hydrogen (secondary N) is 1. The smallest absolute Gasteiger partial charge is 0.349 e. The number of aromatic nitrogens is 1. The van der Waals surface area contributed by atoms with Crippen LogP contribution in [0.2, 0.25) is 0 Å². The zero-order chi connectivity index (χ0) is 19.7. The molecule has 2 heterocycles. The van der Waals surface area contributed by atoms with Gasteiger partial charge in [-0.15, -0.1) is 11.3 Å². The molecule has 1 amide bonds. The Balaban J connectivity index is 1.59. The highest BCUT2D eigenvalue weighted by molar-refractivity contribution is 7.14. The molecule has 0 unspecified atom stereocenters. The molecule has 28 heavy (non-hydrogen) atoms. The summed E-state index contributed by atoms with van der Waals surface area (Å²) < 4.78 is 24.0. The van der Waals surface area contributed by atoms with Crippen molar-refractivity contribution in [3.8, 4) is 17.0 Å². The van der Waals surface area contributed by atoms with Crippen LogP contribution in [0.15, 0.2) is 63.1 Å². The fourth-order valence-corrected chi connectivity index (χ4v) is 3.39. The number of nitrogens with zero attached hydrogens (tertiary/aromatic N) is 1. The third-order valence-electron chi connectivity index (χ3n) is 4.06. The van der Waals surface area contributed by atoms with Gasteiger partial charge in [-0.2, -0.15) is 0 Å². The summed E-state index contributed by atoms with van der Waals surface area (Å²) >= 11 is 1.16. The first kappa shape index (κ1) is 17.9. The summed E-state index contributed by atoms with van der Waals surface area (Å²) in [6.45, 7) is 0. The van der Waals surface area contributed by atoms with E-state index in [4.69, 9.17) is 9.15 Å². The number of carbonyl (C=O) groups excluding carboxylic acids is 1. The van der Waals surface area contributed by atoms with Crippen molar-refractivity contribution in [2.75, 3.05) is 12.4 Å². The zero-order valence-electron chi connectivity index (χ0n) is 14.6. The van der Waals surface area contributed by atoms with Crippen LogP contribution >= 0.6 is 11.3 Å². The van der Waals surface area contributed by atoms with Gasteiger partial charge < -0.3 is 9.15 Å². The second-order valence-electron chi connectivity index (χ2n) is 5.83. The molecule has 0 spiro atoms. The maximum absolute atomic E-state index is 13.9. The van der Waals surface area contributed by atoms with E-state index in [0.29, 0.717) is 22.2 Å². The van der Waals surface area contributed by atoms with Crippen LogP contribution in [0, 0.1) is 5.82 Å². The van der Waals surface area contributed by atoms with Crippen molar-refractivity contribution in [2.45, 2.75) is 0 Å². The van der Waals surface area contributed by atoms with Gasteiger partial charge in [-0.05, 0) is 30.3 Å². The quantitative estimate of drug-likeness (QED) is 0.520. The SMILES string of the molecule is COc1ccc(-c2csc(NC(=O)c3cc4ccccc4oc3=O)n2)cc1F. The van der Waals surface area contributed by atoms with E-state index in [1.807, 2.05) is 0 Å². The van der Waals surface area contributed by atoms with Crippen molar-refractivity contribution in [1.82, 2.24) is 4.98 Å². The molecule has 140 valence electrons. The monoisotopic (exact) mass is 396 g/mol. The first-order chi connectivity index (χ1) is 13.5. The van der Waals surface area contributed by atoms with Gasteiger partial charge in [0.15, 0.2) is 16.7 Å². The molecule has 1 N–H and O–H groups in total. The Labute approximate surface area is 162 Å². The Hall–Kier alpha value is -3.52. The Kier molecular flexibility index (Phi) is 4.62. The van der Waals surface area contributed by atoms with Crippen molar-refractivity contribution in [2.24, 2.45) is 0 Å². The number of methoxy groups -OCH3 is 1. The fraction of sp³-hybridized carbons (Fsp3) is 0.0500. The number of hydrogen-bond donors (Lipinski definition) is 1. The van der Waals surface area contributed by atoms with Gasteiger partial charge >= 0.3 is 5.63 Å². The van der Waals surface area contributed by atoms with E-state index in [2.05, 4.69) is 10.3 Å². The minimum absolute atomic E-state index is 0.119. The molecule has 0 aliphatic carbocycles. The first-order valence-electron chi connectivity index (χ1n) is 8.19. The number of ether oxygens (including phenoxy) is 1. The van der Waals surface area contributed by atoms with E-state index in [-0.39, 0.29) is 16.4 Å². The second kappa shape index (κ2) is 7.24. The van der Waals surface area contributed by atoms with E-state index in [1.165, 1.54) is 25.3 Å². The predicted molar refractivity (Wildman–Crippen MR) is 104 cm³/mol. The van der Waals surface area contributed by atoms with Crippen molar-refractivity contribution in [3.63, 3.8) is 0 Å². The number of carbonyl (C=O) groups is 1. The van der Waals surface area contributed by atoms with Crippen LogP contribution in [-0.2, 0) is 0 Å². The molecule has 0 atom stereocenters. The summed E-state index contributed by atoms with van der Waals surface area (Å²) in [7, 11) is 1.39. The standard InChI is InChI=1S/C20H13FN2O4S/c1-26-17-7-6-11(9-14(17)21)15-10-28-20(22-15)23-18(24)13-8-12-4-2-3-5-16(12)27-19(13)25/h2-10H,1H3,(H,22,23,24). The molecule has 0 saturated heterocycles. The maximum atomic E-state index is 13.9. The lowest BCUT2D eigenvalue weighted by molar-refractivity contribution is 0.102. The number of amides is 1. The molecule has 2 aromatic heterocycles. The van der Waals surface area contributed by atoms with Gasteiger partial charge in [0.25, 0.3) is 5.91 Å².